The highest BCUT2D eigenvalue weighted by Gasteiger charge is 2.47. The average molecular weight is 478 g/mol. The molecule has 2 aliphatic heterocycles. The van der Waals surface area contributed by atoms with E-state index >= 15 is 0 Å². The molecule has 3 heterocycles. The Bertz CT molecular complexity index is 1270. The number of benzene rings is 2. The maximum atomic E-state index is 13.8. The zero-order valence-corrected chi connectivity index (χ0v) is 20.4. The van der Waals surface area contributed by atoms with Crippen LogP contribution in [0, 0.1) is 0 Å². The largest absolute Gasteiger partial charge is 0.454 e. The number of nitrogens with zero attached hydrogens (tertiary/aromatic N) is 2. The van der Waals surface area contributed by atoms with E-state index < -0.39 is 5.54 Å². The predicted octanol–water partition coefficient (Wildman–Crippen LogP) is 3.72. The third-order valence-corrected chi connectivity index (χ3v) is 6.66. The zero-order chi connectivity index (χ0) is 24.6. The molecule has 8 nitrogen and oxygen atoms in total. The van der Waals surface area contributed by atoms with Crippen LogP contribution in [-0.4, -0.2) is 52.9 Å². The standard InChI is InChI=1S/C27H31N3O5/c1-18(2)33-12-6-11-28-26(32)27(3)16-29-21-8-5-4-7-20(21)14-22(29)25(31)30(27)15-19-9-10-23-24(13-19)35-17-34-23/h4-5,7-10,13-14,18H,6,11-12,15-17H2,1-3H3,(H,28,32)/t27-/m1/s1. The van der Waals surface area contributed by atoms with Crippen molar-refractivity contribution in [2.24, 2.45) is 0 Å². The first-order chi connectivity index (χ1) is 16.9. The molecule has 0 saturated heterocycles. The Morgan fingerprint density at radius 3 is 2.77 bits per heavy atom. The second-order valence-corrected chi connectivity index (χ2v) is 9.56. The molecule has 0 aliphatic carbocycles. The number of nitrogens with one attached hydrogen (secondary N) is 1. The van der Waals surface area contributed by atoms with Gasteiger partial charge in [-0.3, -0.25) is 9.59 Å². The second-order valence-electron chi connectivity index (χ2n) is 9.56. The Hall–Kier alpha value is -3.52. The maximum Gasteiger partial charge on any atom is 0.271 e. The number of hydrogen-bond acceptors (Lipinski definition) is 5. The van der Waals surface area contributed by atoms with Crippen molar-refractivity contribution in [3.63, 3.8) is 0 Å². The highest BCUT2D eigenvalue weighted by atomic mass is 16.7. The summed E-state index contributed by atoms with van der Waals surface area (Å²) in [5, 5.41) is 4.03. The normalized spacial score (nSPS) is 18.9. The molecule has 1 aromatic heterocycles. The lowest BCUT2D eigenvalue weighted by Crippen LogP contribution is -2.63. The third kappa shape index (κ3) is 4.34. The highest BCUT2D eigenvalue weighted by molar-refractivity contribution is 6.03. The molecule has 184 valence electrons. The van der Waals surface area contributed by atoms with Crippen LogP contribution >= 0.6 is 0 Å². The molecule has 3 aromatic rings. The molecular weight excluding hydrogens is 446 g/mol. The number of hydrogen-bond donors (Lipinski definition) is 1. The molecule has 8 heteroatoms. The maximum absolute atomic E-state index is 13.8. The molecule has 1 N–H and O–H groups in total. The Balaban J connectivity index is 1.45. The van der Waals surface area contributed by atoms with Crippen LogP contribution < -0.4 is 14.8 Å². The van der Waals surface area contributed by atoms with Gasteiger partial charge in [-0.1, -0.05) is 24.3 Å². The first kappa shape index (κ1) is 23.2. The van der Waals surface area contributed by atoms with Crippen LogP contribution in [0.25, 0.3) is 10.9 Å². The van der Waals surface area contributed by atoms with Crippen LogP contribution in [0.4, 0.5) is 0 Å². The van der Waals surface area contributed by atoms with Gasteiger partial charge in [-0.15, -0.1) is 0 Å². The number of carbonyl (C=O) groups excluding carboxylic acids is 2. The van der Waals surface area contributed by atoms with Crippen molar-refractivity contribution in [2.75, 3.05) is 19.9 Å². The van der Waals surface area contributed by atoms with Crippen molar-refractivity contribution in [1.82, 2.24) is 14.8 Å². The third-order valence-electron chi connectivity index (χ3n) is 6.66. The van der Waals surface area contributed by atoms with E-state index in [1.165, 1.54) is 0 Å². The molecule has 2 aromatic carbocycles. The van der Waals surface area contributed by atoms with E-state index in [4.69, 9.17) is 14.2 Å². The van der Waals surface area contributed by atoms with Crippen LogP contribution in [0.3, 0.4) is 0 Å². The van der Waals surface area contributed by atoms with Gasteiger partial charge in [0.1, 0.15) is 11.2 Å². The van der Waals surface area contributed by atoms with Gasteiger partial charge in [0.05, 0.1) is 12.6 Å². The lowest BCUT2D eigenvalue weighted by molar-refractivity contribution is -0.133. The molecule has 0 bridgehead atoms. The Kier molecular flexibility index (Phi) is 6.15. The van der Waals surface area contributed by atoms with E-state index in [2.05, 4.69) is 5.32 Å². The van der Waals surface area contributed by atoms with E-state index in [9.17, 15) is 9.59 Å². The average Bonchev–Trinajstić information content (AvgIpc) is 3.45. The molecule has 1 atom stereocenters. The summed E-state index contributed by atoms with van der Waals surface area (Å²) >= 11 is 0. The first-order valence-electron chi connectivity index (χ1n) is 12.1. The van der Waals surface area contributed by atoms with E-state index in [-0.39, 0.29) is 31.3 Å². The molecule has 5 rings (SSSR count). The number of para-hydroxylation sites is 1. The van der Waals surface area contributed by atoms with Gasteiger partial charge in [0.15, 0.2) is 11.5 Å². The fraction of sp³-hybridized carbons (Fsp3) is 0.407. The summed E-state index contributed by atoms with van der Waals surface area (Å²) in [7, 11) is 0. The minimum atomic E-state index is -1.08. The van der Waals surface area contributed by atoms with E-state index in [0.717, 1.165) is 16.5 Å². The zero-order valence-electron chi connectivity index (χ0n) is 20.4. The van der Waals surface area contributed by atoms with Gasteiger partial charge in [-0.2, -0.15) is 0 Å². The molecular formula is C27H31N3O5. The van der Waals surface area contributed by atoms with Crippen molar-refractivity contribution in [3.8, 4) is 11.5 Å². The summed E-state index contributed by atoms with van der Waals surface area (Å²) in [6.07, 6.45) is 0.852. The summed E-state index contributed by atoms with van der Waals surface area (Å²) in [4.78, 5) is 29.1. The highest BCUT2D eigenvalue weighted by Crippen LogP contribution is 2.36. The number of fused-ring (bicyclic) bond motifs is 4. The minimum absolute atomic E-state index is 0.150. The number of carbonyl (C=O) groups is 2. The van der Waals surface area contributed by atoms with Crippen molar-refractivity contribution >= 4 is 22.7 Å². The van der Waals surface area contributed by atoms with Gasteiger partial charge in [0.2, 0.25) is 12.7 Å². The van der Waals surface area contributed by atoms with Crippen LogP contribution in [0.2, 0.25) is 0 Å². The molecule has 0 spiro atoms. The molecule has 0 radical (unpaired) electrons. The van der Waals surface area contributed by atoms with Crippen LogP contribution in [0.5, 0.6) is 11.5 Å². The molecule has 0 fully saturated rings. The van der Waals surface area contributed by atoms with Crippen LogP contribution in [0.15, 0.2) is 48.5 Å². The van der Waals surface area contributed by atoms with Gasteiger partial charge >= 0.3 is 0 Å². The summed E-state index contributed by atoms with van der Waals surface area (Å²) < 4.78 is 18.5. The smallest absolute Gasteiger partial charge is 0.271 e. The lowest BCUT2D eigenvalue weighted by atomic mass is 9.93. The fourth-order valence-corrected chi connectivity index (χ4v) is 4.76. The van der Waals surface area contributed by atoms with Gasteiger partial charge in [-0.25, -0.2) is 0 Å². The summed E-state index contributed by atoms with van der Waals surface area (Å²) in [5.41, 5.74) is 1.32. The van der Waals surface area contributed by atoms with Crippen molar-refractivity contribution in [3.05, 3.63) is 59.8 Å². The summed E-state index contributed by atoms with van der Waals surface area (Å²) in [6.45, 7) is 7.68. The quantitative estimate of drug-likeness (QED) is 0.500. The van der Waals surface area contributed by atoms with Gasteiger partial charge in [-0.05, 0) is 57.0 Å². The van der Waals surface area contributed by atoms with E-state index in [1.54, 1.807) is 4.90 Å². The predicted molar refractivity (Wildman–Crippen MR) is 131 cm³/mol. The Morgan fingerprint density at radius 1 is 1.14 bits per heavy atom. The molecule has 0 unspecified atom stereocenters. The summed E-state index contributed by atoms with van der Waals surface area (Å²) in [6, 6.07) is 15.4. The molecule has 0 saturated carbocycles. The number of amides is 2. The second kappa shape index (κ2) is 9.26. The van der Waals surface area contributed by atoms with Crippen molar-refractivity contribution in [2.45, 2.75) is 51.9 Å². The van der Waals surface area contributed by atoms with E-state index in [0.29, 0.717) is 43.3 Å². The monoisotopic (exact) mass is 477 g/mol. The Morgan fingerprint density at radius 2 is 1.94 bits per heavy atom. The van der Waals surface area contributed by atoms with Crippen molar-refractivity contribution < 1.29 is 23.8 Å². The van der Waals surface area contributed by atoms with E-state index in [1.807, 2.05) is 73.9 Å². The van der Waals surface area contributed by atoms with Crippen LogP contribution in [-0.2, 0) is 22.6 Å². The SMILES string of the molecule is CC(C)OCCCNC(=O)[C@@]1(C)Cn2c(cc3ccccc32)C(=O)N1Cc1ccc2c(c1)OCO2. The topological polar surface area (TPSA) is 82.0 Å². The molecule has 2 amide bonds. The number of ether oxygens (including phenoxy) is 3. The van der Waals surface area contributed by atoms with Gasteiger partial charge < -0.3 is 29.0 Å². The number of aromatic nitrogens is 1. The minimum Gasteiger partial charge on any atom is -0.454 e. The summed E-state index contributed by atoms with van der Waals surface area (Å²) in [5.74, 6) is 0.978. The molecule has 35 heavy (non-hydrogen) atoms. The fourth-order valence-electron chi connectivity index (χ4n) is 4.76. The lowest BCUT2D eigenvalue weighted by Gasteiger charge is -2.44. The Labute approximate surface area is 204 Å². The number of rotatable bonds is 8. The van der Waals surface area contributed by atoms with Gasteiger partial charge in [0.25, 0.3) is 5.91 Å². The molecule has 2 aliphatic rings. The first-order valence-corrected chi connectivity index (χ1v) is 12.1. The van der Waals surface area contributed by atoms with Gasteiger partial charge in [0, 0.05) is 30.6 Å². The van der Waals surface area contributed by atoms with Crippen LogP contribution in [0.1, 0.15) is 43.2 Å². The van der Waals surface area contributed by atoms with Crippen molar-refractivity contribution in [1.29, 1.82) is 0 Å².